The number of aromatic nitrogens is 1. The van der Waals surface area contributed by atoms with E-state index in [0.29, 0.717) is 12.4 Å². The molecule has 0 saturated heterocycles. The third-order valence-corrected chi connectivity index (χ3v) is 3.97. The van der Waals surface area contributed by atoms with E-state index >= 15 is 0 Å². The van der Waals surface area contributed by atoms with E-state index in [-0.39, 0.29) is 10.7 Å². The molecule has 0 unspecified atom stereocenters. The molecule has 0 aromatic carbocycles. The van der Waals surface area contributed by atoms with E-state index in [1.54, 1.807) is 11.3 Å². The van der Waals surface area contributed by atoms with E-state index in [4.69, 9.17) is 16.7 Å². The molecule has 0 fully saturated rings. The highest BCUT2D eigenvalue weighted by molar-refractivity contribution is 7.12. The highest BCUT2D eigenvalue weighted by Gasteiger charge is 2.07. The number of anilines is 1. The van der Waals surface area contributed by atoms with Gasteiger partial charge in [0.15, 0.2) is 0 Å². The molecule has 2 aromatic heterocycles. The predicted octanol–water partition coefficient (Wildman–Crippen LogP) is 3.67. The molecule has 2 rings (SSSR count). The molecular weight excluding hydrogens is 284 g/mol. The van der Waals surface area contributed by atoms with Crippen LogP contribution in [-0.2, 0) is 13.0 Å². The number of pyridine rings is 1. The van der Waals surface area contributed by atoms with Gasteiger partial charge in [0.25, 0.3) is 0 Å². The molecule has 2 aromatic rings. The predicted molar refractivity (Wildman–Crippen MR) is 77.2 cm³/mol. The lowest BCUT2D eigenvalue weighted by Gasteiger charge is -2.05. The molecule has 0 bridgehead atoms. The van der Waals surface area contributed by atoms with Gasteiger partial charge in [-0.15, -0.1) is 11.3 Å². The lowest BCUT2D eigenvalue weighted by Crippen LogP contribution is -2.03. The Morgan fingerprint density at radius 2 is 2.16 bits per heavy atom. The van der Waals surface area contributed by atoms with E-state index in [1.165, 1.54) is 21.9 Å². The van der Waals surface area contributed by atoms with Gasteiger partial charge < -0.3 is 10.4 Å². The highest BCUT2D eigenvalue weighted by Crippen LogP contribution is 2.19. The first kappa shape index (κ1) is 13.8. The maximum Gasteiger partial charge on any atom is 0.335 e. The third-order valence-electron chi connectivity index (χ3n) is 2.55. The molecule has 19 heavy (non-hydrogen) atoms. The number of halogens is 1. The van der Waals surface area contributed by atoms with Crippen LogP contribution in [-0.4, -0.2) is 16.1 Å². The van der Waals surface area contributed by atoms with Crippen molar-refractivity contribution < 1.29 is 9.90 Å². The summed E-state index contributed by atoms with van der Waals surface area (Å²) >= 11 is 7.52. The highest BCUT2D eigenvalue weighted by atomic mass is 35.5. The SMILES string of the molecule is CCc1ccc(CNc2cc(C(=O)O)cc(Cl)n2)s1. The molecule has 0 spiro atoms. The lowest BCUT2D eigenvalue weighted by atomic mass is 10.2. The number of nitrogens with zero attached hydrogens (tertiary/aromatic N) is 1. The van der Waals surface area contributed by atoms with Crippen molar-refractivity contribution in [1.29, 1.82) is 0 Å². The summed E-state index contributed by atoms with van der Waals surface area (Å²) in [4.78, 5) is 17.5. The zero-order chi connectivity index (χ0) is 13.8. The fourth-order valence-electron chi connectivity index (χ4n) is 1.60. The van der Waals surface area contributed by atoms with Gasteiger partial charge in [-0.25, -0.2) is 9.78 Å². The zero-order valence-electron chi connectivity index (χ0n) is 10.3. The molecule has 2 heterocycles. The fourth-order valence-corrected chi connectivity index (χ4v) is 2.70. The molecule has 100 valence electrons. The van der Waals surface area contributed by atoms with Crippen molar-refractivity contribution in [3.05, 3.63) is 44.7 Å². The smallest absolute Gasteiger partial charge is 0.335 e. The van der Waals surface area contributed by atoms with Crippen molar-refractivity contribution in [3.8, 4) is 0 Å². The van der Waals surface area contributed by atoms with Crippen LogP contribution in [0.15, 0.2) is 24.3 Å². The zero-order valence-corrected chi connectivity index (χ0v) is 11.9. The van der Waals surface area contributed by atoms with Crippen molar-refractivity contribution in [2.75, 3.05) is 5.32 Å². The molecule has 0 amide bonds. The fraction of sp³-hybridized carbons (Fsp3) is 0.231. The van der Waals surface area contributed by atoms with Crippen LogP contribution in [0.4, 0.5) is 5.82 Å². The van der Waals surface area contributed by atoms with E-state index < -0.39 is 5.97 Å². The minimum absolute atomic E-state index is 0.128. The van der Waals surface area contributed by atoms with Gasteiger partial charge in [0.2, 0.25) is 0 Å². The van der Waals surface area contributed by atoms with Gasteiger partial charge in [-0.05, 0) is 30.7 Å². The molecule has 6 heteroatoms. The summed E-state index contributed by atoms with van der Waals surface area (Å²) < 4.78 is 0. The number of thiophene rings is 1. The van der Waals surface area contributed by atoms with Crippen LogP contribution in [0.25, 0.3) is 0 Å². The number of carboxylic acids is 1. The number of carbonyl (C=O) groups is 1. The molecule has 2 N–H and O–H groups in total. The molecule has 0 atom stereocenters. The second-order valence-corrected chi connectivity index (χ2v) is 5.58. The summed E-state index contributed by atoms with van der Waals surface area (Å²) in [7, 11) is 0. The topological polar surface area (TPSA) is 62.2 Å². The maximum atomic E-state index is 10.9. The Hall–Kier alpha value is -1.59. The Labute approximate surface area is 120 Å². The van der Waals surface area contributed by atoms with Gasteiger partial charge >= 0.3 is 5.97 Å². The van der Waals surface area contributed by atoms with E-state index in [1.807, 2.05) is 0 Å². The summed E-state index contributed by atoms with van der Waals surface area (Å²) in [6.07, 6.45) is 1.02. The Kier molecular flexibility index (Phi) is 4.39. The summed E-state index contributed by atoms with van der Waals surface area (Å²) in [5.41, 5.74) is 0.128. The normalized spacial score (nSPS) is 10.4. The van der Waals surface area contributed by atoms with Crippen molar-refractivity contribution in [3.63, 3.8) is 0 Å². The van der Waals surface area contributed by atoms with Gasteiger partial charge in [0.1, 0.15) is 11.0 Å². The van der Waals surface area contributed by atoms with Gasteiger partial charge in [-0.2, -0.15) is 0 Å². The first-order chi connectivity index (χ1) is 9.08. The van der Waals surface area contributed by atoms with Crippen LogP contribution in [0, 0.1) is 0 Å². The number of nitrogens with one attached hydrogen (secondary N) is 1. The minimum atomic E-state index is -1.02. The molecule has 4 nitrogen and oxygen atoms in total. The van der Waals surface area contributed by atoms with Crippen LogP contribution in [0.3, 0.4) is 0 Å². The summed E-state index contributed by atoms with van der Waals surface area (Å²) in [6.45, 7) is 2.72. The average molecular weight is 297 g/mol. The van der Waals surface area contributed by atoms with Crippen LogP contribution in [0.1, 0.15) is 27.0 Å². The second kappa shape index (κ2) is 6.04. The molecular formula is C13H13ClN2O2S. The molecule has 0 radical (unpaired) electrons. The van der Waals surface area contributed by atoms with Crippen molar-refractivity contribution >= 4 is 34.7 Å². The van der Waals surface area contributed by atoms with Gasteiger partial charge in [0.05, 0.1) is 12.1 Å². The van der Waals surface area contributed by atoms with Crippen molar-refractivity contribution in [2.24, 2.45) is 0 Å². The van der Waals surface area contributed by atoms with Crippen LogP contribution in [0.2, 0.25) is 5.15 Å². The number of aromatic carboxylic acids is 1. The molecule has 0 aliphatic rings. The summed E-state index contributed by atoms with van der Waals surface area (Å²) in [6, 6.07) is 6.95. The first-order valence-electron chi connectivity index (χ1n) is 5.81. The Morgan fingerprint density at radius 1 is 1.42 bits per heavy atom. The van der Waals surface area contributed by atoms with Gasteiger partial charge in [-0.1, -0.05) is 18.5 Å². The number of aryl methyl sites for hydroxylation is 1. The lowest BCUT2D eigenvalue weighted by molar-refractivity contribution is 0.0697. The second-order valence-electron chi connectivity index (χ2n) is 3.94. The van der Waals surface area contributed by atoms with Crippen LogP contribution >= 0.6 is 22.9 Å². The number of hydrogen-bond acceptors (Lipinski definition) is 4. The third kappa shape index (κ3) is 3.68. The minimum Gasteiger partial charge on any atom is -0.478 e. The van der Waals surface area contributed by atoms with E-state index in [2.05, 4.69) is 29.4 Å². The Morgan fingerprint density at radius 3 is 2.79 bits per heavy atom. The number of hydrogen-bond donors (Lipinski definition) is 2. The Bertz CT molecular complexity index is 598. The number of carboxylic acid groups (broad SMARTS) is 1. The van der Waals surface area contributed by atoms with E-state index in [0.717, 1.165) is 6.42 Å². The maximum absolute atomic E-state index is 10.9. The van der Waals surface area contributed by atoms with Crippen LogP contribution < -0.4 is 5.32 Å². The van der Waals surface area contributed by atoms with Crippen molar-refractivity contribution in [1.82, 2.24) is 4.98 Å². The molecule has 0 aliphatic carbocycles. The molecule has 0 aliphatic heterocycles. The Balaban J connectivity index is 2.08. The standard InChI is InChI=1S/C13H13ClN2O2S/c1-2-9-3-4-10(19-9)7-15-12-6-8(13(17)18)5-11(14)16-12/h3-6H,2,7H2,1H3,(H,15,16)(H,17,18). The van der Waals surface area contributed by atoms with Crippen LogP contribution in [0.5, 0.6) is 0 Å². The summed E-state index contributed by atoms with van der Waals surface area (Å²) in [5, 5.41) is 12.2. The van der Waals surface area contributed by atoms with Gasteiger partial charge in [0, 0.05) is 9.75 Å². The summed E-state index contributed by atoms with van der Waals surface area (Å²) in [5.74, 6) is -0.548. The largest absolute Gasteiger partial charge is 0.478 e. The average Bonchev–Trinajstić information content (AvgIpc) is 2.83. The van der Waals surface area contributed by atoms with Gasteiger partial charge in [-0.3, -0.25) is 0 Å². The first-order valence-corrected chi connectivity index (χ1v) is 7.00. The monoisotopic (exact) mass is 296 g/mol. The number of rotatable bonds is 5. The molecule has 0 saturated carbocycles. The van der Waals surface area contributed by atoms with Crippen molar-refractivity contribution in [2.45, 2.75) is 19.9 Å². The quantitative estimate of drug-likeness (QED) is 0.826. The van der Waals surface area contributed by atoms with E-state index in [9.17, 15) is 4.79 Å².